The zero-order valence-electron chi connectivity index (χ0n) is 15.0. The van der Waals surface area contributed by atoms with Crippen molar-refractivity contribution in [2.24, 2.45) is 13.0 Å². The van der Waals surface area contributed by atoms with Gasteiger partial charge in [-0.2, -0.15) is 0 Å². The molecule has 1 aromatic carbocycles. The number of hydrogen-bond acceptors (Lipinski definition) is 4. The monoisotopic (exact) mass is 363 g/mol. The molecular formula is C20H18FN5O. The van der Waals surface area contributed by atoms with Crippen LogP contribution < -0.4 is 10.6 Å². The van der Waals surface area contributed by atoms with Gasteiger partial charge >= 0.3 is 0 Å². The molecule has 1 aliphatic carbocycles. The number of nitrogens with zero attached hydrogens (tertiary/aromatic N) is 3. The summed E-state index contributed by atoms with van der Waals surface area (Å²) in [4.78, 5) is 21.0. The number of nitrogens with one attached hydrogen (secondary N) is 2. The second-order valence-corrected chi connectivity index (χ2v) is 6.73. The van der Waals surface area contributed by atoms with Gasteiger partial charge in [0.15, 0.2) is 5.82 Å². The molecule has 0 spiro atoms. The Morgan fingerprint density at radius 3 is 2.89 bits per heavy atom. The van der Waals surface area contributed by atoms with E-state index in [2.05, 4.69) is 26.5 Å². The Balaban J connectivity index is 1.72. The Hall–Kier alpha value is -3.40. The van der Waals surface area contributed by atoms with Gasteiger partial charge in [0, 0.05) is 24.4 Å². The minimum Gasteiger partial charge on any atom is -0.340 e. The van der Waals surface area contributed by atoms with Crippen molar-refractivity contribution in [2.45, 2.75) is 19.5 Å². The fourth-order valence-electron chi connectivity index (χ4n) is 2.91. The summed E-state index contributed by atoms with van der Waals surface area (Å²) in [5.41, 5.74) is 3.93. The van der Waals surface area contributed by atoms with Crippen molar-refractivity contribution in [3.63, 3.8) is 0 Å². The van der Waals surface area contributed by atoms with Crippen molar-refractivity contribution in [1.82, 2.24) is 14.5 Å². The number of terminal acetylenes is 1. The van der Waals surface area contributed by atoms with Crippen LogP contribution in [-0.4, -0.2) is 26.6 Å². The zero-order valence-corrected chi connectivity index (χ0v) is 15.0. The minimum atomic E-state index is -1.07. The van der Waals surface area contributed by atoms with E-state index >= 15 is 0 Å². The van der Waals surface area contributed by atoms with Crippen molar-refractivity contribution >= 4 is 34.3 Å². The second-order valence-electron chi connectivity index (χ2n) is 6.73. The summed E-state index contributed by atoms with van der Waals surface area (Å²) in [5.74, 6) is 2.48. The van der Waals surface area contributed by atoms with Crippen LogP contribution in [0.1, 0.15) is 17.5 Å². The SMILES string of the molecule is C#Cc1ccc(C)c(Nc2cc3c(ncn3C)c(NC(=O)[C@H]3C[C@H]3F)n2)c1. The Labute approximate surface area is 155 Å². The Bertz CT molecular complexity index is 1100. The number of anilines is 3. The van der Waals surface area contributed by atoms with Gasteiger partial charge in [0.05, 0.1) is 17.8 Å². The summed E-state index contributed by atoms with van der Waals surface area (Å²) in [6.45, 7) is 1.96. The van der Waals surface area contributed by atoms with Crippen LogP contribution in [-0.2, 0) is 11.8 Å². The number of imidazole rings is 1. The third-order valence-corrected chi connectivity index (χ3v) is 4.67. The lowest BCUT2D eigenvalue weighted by molar-refractivity contribution is -0.117. The molecule has 2 atom stereocenters. The van der Waals surface area contributed by atoms with Crippen molar-refractivity contribution in [1.29, 1.82) is 0 Å². The standard InChI is InChI=1S/C20H18FN5O/c1-4-12-6-5-11(2)15(7-12)23-17-9-16-18(22-10-26(16)3)19(24-17)25-20(27)13-8-14(13)21/h1,5-7,9-10,13-14H,8H2,2-3H3,(H2,23,24,25,27)/t13-,14+/m0/s1. The third-order valence-electron chi connectivity index (χ3n) is 4.67. The number of halogens is 1. The number of fused-ring (bicyclic) bond motifs is 1. The highest BCUT2D eigenvalue weighted by atomic mass is 19.1. The molecule has 136 valence electrons. The quantitative estimate of drug-likeness (QED) is 0.698. The molecule has 2 heterocycles. The van der Waals surface area contributed by atoms with Gasteiger partial charge in [-0.1, -0.05) is 12.0 Å². The molecule has 0 saturated heterocycles. The number of carbonyl (C=O) groups is 1. The second kappa shape index (κ2) is 6.40. The fraction of sp³-hybridized carbons (Fsp3) is 0.250. The number of hydrogen-bond donors (Lipinski definition) is 2. The average Bonchev–Trinajstić information content (AvgIpc) is 3.27. The van der Waals surface area contributed by atoms with Crippen LogP contribution in [0.2, 0.25) is 0 Å². The number of aromatic nitrogens is 3. The topological polar surface area (TPSA) is 71.8 Å². The molecule has 0 bridgehead atoms. The van der Waals surface area contributed by atoms with E-state index in [1.54, 1.807) is 6.33 Å². The Morgan fingerprint density at radius 2 is 2.19 bits per heavy atom. The minimum absolute atomic E-state index is 0.257. The van der Waals surface area contributed by atoms with Gasteiger partial charge in [-0.3, -0.25) is 4.79 Å². The summed E-state index contributed by atoms with van der Waals surface area (Å²) < 4.78 is 15.0. The van der Waals surface area contributed by atoms with Crippen molar-refractivity contribution < 1.29 is 9.18 Å². The highest BCUT2D eigenvalue weighted by molar-refractivity contribution is 6.01. The lowest BCUT2D eigenvalue weighted by Gasteiger charge is -2.12. The zero-order chi connectivity index (χ0) is 19.1. The highest BCUT2D eigenvalue weighted by Crippen LogP contribution is 2.35. The van der Waals surface area contributed by atoms with Crippen LogP contribution in [0.3, 0.4) is 0 Å². The van der Waals surface area contributed by atoms with E-state index < -0.39 is 12.1 Å². The molecule has 6 nitrogen and oxygen atoms in total. The lowest BCUT2D eigenvalue weighted by atomic mass is 10.1. The Kier molecular flexibility index (Phi) is 4.04. The average molecular weight is 363 g/mol. The summed E-state index contributed by atoms with van der Waals surface area (Å²) in [7, 11) is 1.85. The number of rotatable bonds is 4. The maximum absolute atomic E-state index is 13.2. The molecule has 1 amide bonds. The molecule has 27 heavy (non-hydrogen) atoms. The van der Waals surface area contributed by atoms with E-state index in [0.29, 0.717) is 17.2 Å². The summed E-state index contributed by atoms with van der Waals surface area (Å²) in [5, 5.41) is 5.97. The van der Waals surface area contributed by atoms with Crippen LogP contribution >= 0.6 is 0 Å². The number of carbonyl (C=O) groups excluding carboxylic acids is 1. The fourth-order valence-corrected chi connectivity index (χ4v) is 2.91. The largest absolute Gasteiger partial charge is 0.340 e. The predicted molar refractivity (Wildman–Crippen MR) is 103 cm³/mol. The van der Waals surface area contributed by atoms with E-state index in [9.17, 15) is 9.18 Å². The number of alkyl halides is 1. The van der Waals surface area contributed by atoms with Gasteiger partial charge in [0.1, 0.15) is 17.5 Å². The first kappa shape index (κ1) is 17.0. The van der Waals surface area contributed by atoms with Crippen LogP contribution in [0.25, 0.3) is 11.0 Å². The molecule has 4 rings (SSSR count). The smallest absolute Gasteiger partial charge is 0.231 e. The van der Waals surface area contributed by atoms with Crippen molar-refractivity contribution in [2.75, 3.05) is 10.6 Å². The Morgan fingerprint density at radius 1 is 1.41 bits per heavy atom. The number of amides is 1. The molecule has 0 radical (unpaired) electrons. The first-order chi connectivity index (χ1) is 13.0. The highest BCUT2D eigenvalue weighted by Gasteiger charge is 2.44. The molecule has 1 fully saturated rings. The molecule has 1 saturated carbocycles. The summed E-state index contributed by atoms with van der Waals surface area (Å²) in [6, 6.07) is 7.50. The lowest BCUT2D eigenvalue weighted by Crippen LogP contribution is -2.16. The molecule has 0 unspecified atom stereocenters. The van der Waals surface area contributed by atoms with E-state index in [1.807, 2.05) is 42.8 Å². The molecule has 2 aromatic heterocycles. The van der Waals surface area contributed by atoms with E-state index in [1.165, 1.54) is 0 Å². The first-order valence-corrected chi connectivity index (χ1v) is 8.57. The van der Waals surface area contributed by atoms with E-state index in [0.717, 1.165) is 22.3 Å². The van der Waals surface area contributed by atoms with Crippen LogP contribution in [0.15, 0.2) is 30.6 Å². The van der Waals surface area contributed by atoms with Gasteiger partial charge in [0.25, 0.3) is 0 Å². The van der Waals surface area contributed by atoms with Gasteiger partial charge in [-0.15, -0.1) is 6.42 Å². The van der Waals surface area contributed by atoms with Crippen molar-refractivity contribution in [3.05, 3.63) is 41.7 Å². The number of benzene rings is 1. The van der Waals surface area contributed by atoms with Crippen molar-refractivity contribution in [3.8, 4) is 12.3 Å². The number of pyridine rings is 1. The molecular weight excluding hydrogens is 345 g/mol. The van der Waals surface area contributed by atoms with E-state index in [-0.39, 0.29) is 12.3 Å². The van der Waals surface area contributed by atoms with E-state index in [4.69, 9.17) is 6.42 Å². The van der Waals surface area contributed by atoms with Crippen LogP contribution in [0, 0.1) is 25.2 Å². The van der Waals surface area contributed by atoms with Gasteiger partial charge in [-0.25, -0.2) is 14.4 Å². The molecule has 2 N–H and O–H groups in total. The molecule has 0 aliphatic heterocycles. The van der Waals surface area contributed by atoms with Crippen LogP contribution in [0.4, 0.5) is 21.7 Å². The maximum Gasteiger partial charge on any atom is 0.231 e. The van der Waals surface area contributed by atoms with Crippen LogP contribution in [0.5, 0.6) is 0 Å². The van der Waals surface area contributed by atoms with Gasteiger partial charge in [0.2, 0.25) is 5.91 Å². The molecule has 7 heteroatoms. The molecule has 3 aromatic rings. The van der Waals surface area contributed by atoms with Gasteiger partial charge in [-0.05, 0) is 31.0 Å². The summed E-state index contributed by atoms with van der Waals surface area (Å²) in [6.07, 6.45) is 6.32. The predicted octanol–water partition coefficient (Wildman–Crippen LogP) is 3.30. The number of aryl methyl sites for hydroxylation is 2. The normalized spacial score (nSPS) is 18.1. The van der Waals surface area contributed by atoms with Gasteiger partial charge < -0.3 is 15.2 Å². The maximum atomic E-state index is 13.2. The first-order valence-electron chi connectivity index (χ1n) is 8.57. The molecule has 1 aliphatic rings. The third kappa shape index (κ3) is 3.22. The summed E-state index contributed by atoms with van der Waals surface area (Å²) >= 11 is 0.